The van der Waals surface area contributed by atoms with E-state index in [0.29, 0.717) is 10.6 Å². The molecular formula is C17H20ClN3O. The van der Waals surface area contributed by atoms with Crippen molar-refractivity contribution in [2.45, 2.75) is 32.6 Å². The maximum Gasteiger partial charge on any atom is 0.257 e. The van der Waals surface area contributed by atoms with Crippen molar-refractivity contribution < 1.29 is 4.79 Å². The Morgan fingerprint density at radius 3 is 2.36 bits per heavy atom. The van der Waals surface area contributed by atoms with E-state index >= 15 is 0 Å². The van der Waals surface area contributed by atoms with Crippen molar-refractivity contribution >= 4 is 17.5 Å². The summed E-state index contributed by atoms with van der Waals surface area (Å²) in [6.45, 7) is 3.64. The Morgan fingerprint density at radius 1 is 1.09 bits per heavy atom. The number of halogens is 1. The van der Waals surface area contributed by atoms with Crippen LogP contribution in [-0.2, 0) is 0 Å². The third-order valence-corrected chi connectivity index (χ3v) is 4.46. The first-order valence-corrected chi connectivity index (χ1v) is 8.14. The Balaban J connectivity index is 1.86. The minimum Gasteiger partial charge on any atom is -0.339 e. The molecule has 2 aromatic rings. The summed E-state index contributed by atoms with van der Waals surface area (Å²) in [4.78, 5) is 14.7. The number of rotatable bonds is 2. The molecule has 1 aliphatic heterocycles. The summed E-state index contributed by atoms with van der Waals surface area (Å²) in [6.07, 6.45) is 6.29. The zero-order valence-electron chi connectivity index (χ0n) is 12.8. The molecule has 0 N–H and O–H groups in total. The van der Waals surface area contributed by atoms with E-state index in [2.05, 4.69) is 5.10 Å². The molecule has 1 aromatic heterocycles. The van der Waals surface area contributed by atoms with Crippen LogP contribution in [0.15, 0.2) is 30.5 Å². The maximum absolute atomic E-state index is 12.7. The monoisotopic (exact) mass is 317 g/mol. The number of hydrogen-bond acceptors (Lipinski definition) is 2. The van der Waals surface area contributed by atoms with E-state index in [9.17, 15) is 4.79 Å². The molecule has 3 rings (SSSR count). The third-order valence-electron chi connectivity index (χ3n) is 4.20. The van der Waals surface area contributed by atoms with Gasteiger partial charge in [0.15, 0.2) is 0 Å². The van der Waals surface area contributed by atoms with Gasteiger partial charge in [0.05, 0.1) is 23.1 Å². The Hall–Kier alpha value is -1.81. The molecule has 0 radical (unpaired) electrons. The molecular weight excluding hydrogens is 298 g/mol. The molecule has 5 heteroatoms. The summed E-state index contributed by atoms with van der Waals surface area (Å²) in [7, 11) is 0. The van der Waals surface area contributed by atoms with E-state index in [1.807, 2.05) is 36.1 Å². The zero-order valence-corrected chi connectivity index (χ0v) is 13.5. The van der Waals surface area contributed by atoms with Crippen molar-refractivity contribution in [1.29, 1.82) is 0 Å². The van der Waals surface area contributed by atoms with Gasteiger partial charge in [0.2, 0.25) is 0 Å². The SMILES string of the molecule is Cc1c(C(=O)N2CCCCCC2)cnn1-c1ccc(Cl)cc1. The lowest BCUT2D eigenvalue weighted by atomic mass is 10.2. The van der Waals surface area contributed by atoms with E-state index in [1.54, 1.807) is 10.9 Å². The Bertz CT molecular complexity index is 655. The van der Waals surface area contributed by atoms with Crippen LogP contribution in [0.25, 0.3) is 5.69 Å². The third kappa shape index (κ3) is 3.02. The second-order valence-corrected chi connectivity index (χ2v) is 6.17. The molecule has 1 amide bonds. The topological polar surface area (TPSA) is 38.1 Å². The second-order valence-electron chi connectivity index (χ2n) is 5.74. The smallest absolute Gasteiger partial charge is 0.257 e. The molecule has 0 bridgehead atoms. The lowest BCUT2D eigenvalue weighted by molar-refractivity contribution is 0.0761. The van der Waals surface area contributed by atoms with Crippen LogP contribution in [0.4, 0.5) is 0 Å². The summed E-state index contributed by atoms with van der Waals surface area (Å²) in [5.74, 6) is 0.0969. The zero-order chi connectivity index (χ0) is 15.5. The first-order chi connectivity index (χ1) is 10.7. The fraction of sp³-hybridized carbons (Fsp3) is 0.412. The van der Waals surface area contributed by atoms with Crippen molar-refractivity contribution in [1.82, 2.24) is 14.7 Å². The lowest BCUT2D eigenvalue weighted by Gasteiger charge is -2.20. The molecule has 2 heterocycles. The molecule has 1 saturated heterocycles. The fourth-order valence-electron chi connectivity index (χ4n) is 2.91. The Morgan fingerprint density at radius 2 is 1.73 bits per heavy atom. The highest BCUT2D eigenvalue weighted by atomic mass is 35.5. The van der Waals surface area contributed by atoms with Crippen molar-refractivity contribution in [2.75, 3.05) is 13.1 Å². The molecule has 1 aromatic carbocycles. The predicted octanol–water partition coefficient (Wildman–Crippen LogP) is 3.85. The van der Waals surface area contributed by atoms with Crippen LogP contribution in [0, 0.1) is 6.92 Å². The van der Waals surface area contributed by atoms with Crippen LogP contribution in [0.5, 0.6) is 0 Å². The Labute approximate surface area is 135 Å². The van der Waals surface area contributed by atoms with Gasteiger partial charge in [-0.25, -0.2) is 4.68 Å². The van der Waals surface area contributed by atoms with Crippen LogP contribution in [-0.4, -0.2) is 33.7 Å². The predicted molar refractivity (Wildman–Crippen MR) is 87.7 cm³/mol. The molecule has 0 atom stereocenters. The molecule has 116 valence electrons. The number of aromatic nitrogens is 2. The van der Waals surface area contributed by atoms with E-state index in [1.165, 1.54) is 12.8 Å². The number of nitrogens with zero attached hydrogens (tertiary/aromatic N) is 3. The van der Waals surface area contributed by atoms with Crippen molar-refractivity contribution in [3.63, 3.8) is 0 Å². The fourth-order valence-corrected chi connectivity index (χ4v) is 3.03. The average Bonchev–Trinajstić information content (AvgIpc) is 2.75. The first kappa shape index (κ1) is 15.1. The molecule has 0 unspecified atom stereocenters. The van der Waals surface area contributed by atoms with Gasteiger partial charge in [-0.1, -0.05) is 24.4 Å². The van der Waals surface area contributed by atoms with Crippen molar-refractivity contribution in [2.24, 2.45) is 0 Å². The van der Waals surface area contributed by atoms with Crippen LogP contribution < -0.4 is 0 Å². The molecule has 0 spiro atoms. The van der Waals surface area contributed by atoms with Crippen molar-refractivity contribution in [3.8, 4) is 5.69 Å². The summed E-state index contributed by atoms with van der Waals surface area (Å²) < 4.78 is 1.79. The van der Waals surface area contributed by atoms with E-state index in [0.717, 1.165) is 37.3 Å². The van der Waals surface area contributed by atoms with Gasteiger partial charge in [-0.3, -0.25) is 4.79 Å². The molecule has 0 aliphatic carbocycles. The average molecular weight is 318 g/mol. The minimum absolute atomic E-state index is 0.0969. The molecule has 22 heavy (non-hydrogen) atoms. The van der Waals surface area contributed by atoms with E-state index in [4.69, 9.17) is 11.6 Å². The highest BCUT2D eigenvalue weighted by molar-refractivity contribution is 6.30. The normalized spacial score (nSPS) is 15.6. The number of hydrogen-bond donors (Lipinski definition) is 0. The lowest BCUT2D eigenvalue weighted by Crippen LogP contribution is -2.32. The van der Waals surface area contributed by atoms with Crippen LogP contribution in [0.1, 0.15) is 41.7 Å². The number of benzene rings is 1. The van der Waals surface area contributed by atoms with Gasteiger partial charge in [-0.05, 0) is 44.0 Å². The quantitative estimate of drug-likeness (QED) is 0.843. The van der Waals surface area contributed by atoms with Gasteiger partial charge in [-0.2, -0.15) is 5.10 Å². The summed E-state index contributed by atoms with van der Waals surface area (Å²) in [5.41, 5.74) is 2.48. The second kappa shape index (κ2) is 6.53. The standard InChI is InChI=1S/C17H20ClN3O/c1-13-16(17(22)20-10-4-2-3-5-11-20)12-19-21(13)15-8-6-14(18)7-9-15/h6-9,12H,2-5,10-11H2,1H3. The number of likely N-dealkylation sites (tertiary alicyclic amines) is 1. The van der Waals surface area contributed by atoms with Crippen LogP contribution in [0.2, 0.25) is 5.02 Å². The molecule has 0 saturated carbocycles. The van der Waals surface area contributed by atoms with Crippen LogP contribution >= 0.6 is 11.6 Å². The highest BCUT2D eigenvalue weighted by Gasteiger charge is 2.21. The number of amides is 1. The largest absolute Gasteiger partial charge is 0.339 e. The molecule has 4 nitrogen and oxygen atoms in total. The van der Waals surface area contributed by atoms with Gasteiger partial charge in [0, 0.05) is 18.1 Å². The van der Waals surface area contributed by atoms with Crippen molar-refractivity contribution in [3.05, 3.63) is 46.7 Å². The van der Waals surface area contributed by atoms with Gasteiger partial charge >= 0.3 is 0 Å². The number of carbonyl (C=O) groups is 1. The maximum atomic E-state index is 12.7. The van der Waals surface area contributed by atoms with Gasteiger partial charge in [-0.15, -0.1) is 0 Å². The van der Waals surface area contributed by atoms with Gasteiger partial charge < -0.3 is 4.90 Å². The number of carbonyl (C=O) groups excluding carboxylic acids is 1. The molecule has 1 fully saturated rings. The van der Waals surface area contributed by atoms with Gasteiger partial charge in [0.25, 0.3) is 5.91 Å². The van der Waals surface area contributed by atoms with Gasteiger partial charge in [0.1, 0.15) is 0 Å². The summed E-state index contributed by atoms with van der Waals surface area (Å²) in [5, 5.41) is 5.07. The first-order valence-electron chi connectivity index (χ1n) is 7.76. The molecule has 1 aliphatic rings. The van der Waals surface area contributed by atoms with E-state index < -0.39 is 0 Å². The highest BCUT2D eigenvalue weighted by Crippen LogP contribution is 2.19. The van der Waals surface area contributed by atoms with E-state index in [-0.39, 0.29) is 5.91 Å². The summed E-state index contributed by atoms with van der Waals surface area (Å²) in [6, 6.07) is 7.47. The minimum atomic E-state index is 0.0969. The summed E-state index contributed by atoms with van der Waals surface area (Å²) >= 11 is 5.92. The Kier molecular flexibility index (Phi) is 4.48. The van der Waals surface area contributed by atoms with Crippen LogP contribution in [0.3, 0.4) is 0 Å².